The average Bonchev–Trinajstić information content (AvgIpc) is 3.11. The highest BCUT2D eigenvalue weighted by Gasteiger charge is 2.31. The van der Waals surface area contributed by atoms with Gasteiger partial charge in [-0.15, -0.1) is 0 Å². The van der Waals surface area contributed by atoms with Crippen LogP contribution in [-0.4, -0.2) is 27.3 Å². The third kappa shape index (κ3) is 4.65. The molecular formula is C20H18F4N4O2. The van der Waals surface area contributed by atoms with Gasteiger partial charge in [-0.3, -0.25) is 4.98 Å². The molecule has 0 radical (unpaired) electrons. The van der Waals surface area contributed by atoms with E-state index < -0.39 is 23.5 Å². The molecule has 0 fully saturated rings. The summed E-state index contributed by atoms with van der Waals surface area (Å²) in [6, 6.07) is 5.55. The maximum atomic E-state index is 13.7. The fraction of sp³-hybridized carbons (Fsp3) is 0.250. The maximum Gasteiger partial charge on any atom is 0.416 e. The van der Waals surface area contributed by atoms with Crippen molar-refractivity contribution in [2.45, 2.75) is 26.1 Å². The fourth-order valence-electron chi connectivity index (χ4n) is 2.99. The van der Waals surface area contributed by atoms with E-state index in [1.54, 1.807) is 19.1 Å². The second-order valence-corrected chi connectivity index (χ2v) is 6.37. The van der Waals surface area contributed by atoms with E-state index in [-0.39, 0.29) is 30.7 Å². The summed E-state index contributed by atoms with van der Waals surface area (Å²) in [7, 11) is 0. The molecular weight excluding hydrogens is 404 g/mol. The van der Waals surface area contributed by atoms with Crippen molar-refractivity contribution < 1.29 is 27.1 Å². The van der Waals surface area contributed by atoms with Gasteiger partial charge in [-0.05, 0) is 42.8 Å². The highest BCUT2D eigenvalue weighted by Crippen LogP contribution is 2.31. The molecule has 0 aliphatic heterocycles. The Morgan fingerprint density at radius 1 is 1.23 bits per heavy atom. The topological polar surface area (TPSA) is 83.0 Å². The van der Waals surface area contributed by atoms with Crippen molar-refractivity contribution in [3.8, 4) is 5.69 Å². The van der Waals surface area contributed by atoms with Crippen molar-refractivity contribution >= 4 is 5.97 Å². The molecule has 0 bridgehead atoms. The number of carbonyl (C=O) groups is 1. The number of alkyl halides is 3. The number of benzene rings is 1. The van der Waals surface area contributed by atoms with Gasteiger partial charge in [-0.25, -0.2) is 13.9 Å². The zero-order valence-corrected chi connectivity index (χ0v) is 15.9. The van der Waals surface area contributed by atoms with Crippen LogP contribution in [0.4, 0.5) is 17.6 Å². The number of nitrogens with two attached hydrogens (primary N) is 1. The van der Waals surface area contributed by atoms with Crippen molar-refractivity contribution in [1.29, 1.82) is 0 Å². The summed E-state index contributed by atoms with van der Waals surface area (Å²) in [6.07, 6.45) is -1.90. The van der Waals surface area contributed by atoms with Crippen LogP contribution in [0.15, 0.2) is 42.7 Å². The molecule has 0 amide bonds. The molecule has 30 heavy (non-hydrogen) atoms. The molecule has 2 N–H and O–H groups in total. The van der Waals surface area contributed by atoms with Crippen LogP contribution in [-0.2, 0) is 23.9 Å². The fourth-order valence-corrected chi connectivity index (χ4v) is 2.99. The lowest BCUT2D eigenvalue weighted by molar-refractivity contribution is -0.137. The molecule has 0 aliphatic carbocycles. The number of hydrogen-bond acceptors (Lipinski definition) is 5. The summed E-state index contributed by atoms with van der Waals surface area (Å²) >= 11 is 0. The average molecular weight is 422 g/mol. The van der Waals surface area contributed by atoms with Crippen molar-refractivity contribution in [1.82, 2.24) is 14.8 Å². The van der Waals surface area contributed by atoms with Gasteiger partial charge in [0.2, 0.25) is 0 Å². The van der Waals surface area contributed by atoms with Crippen LogP contribution in [0, 0.1) is 5.82 Å². The lowest BCUT2D eigenvalue weighted by atomic mass is 10.0. The Kier molecular flexibility index (Phi) is 6.16. The zero-order chi connectivity index (χ0) is 21.9. The van der Waals surface area contributed by atoms with Crippen molar-refractivity contribution in [2.24, 2.45) is 5.73 Å². The van der Waals surface area contributed by atoms with E-state index in [1.807, 2.05) is 0 Å². The van der Waals surface area contributed by atoms with Crippen LogP contribution < -0.4 is 5.73 Å². The number of ether oxygens (including phenoxy) is 1. The van der Waals surface area contributed by atoms with Crippen LogP contribution in [0.25, 0.3) is 5.69 Å². The van der Waals surface area contributed by atoms with Crippen LogP contribution in [0.3, 0.4) is 0 Å². The van der Waals surface area contributed by atoms with E-state index in [4.69, 9.17) is 10.5 Å². The van der Waals surface area contributed by atoms with Crippen LogP contribution >= 0.6 is 0 Å². The number of carbonyl (C=O) groups excluding carboxylic acids is 1. The summed E-state index contributed by atoms with van der Waals surface area (Å²) in [6.45, 7) is 1.88. The minimum atomic E-state index is -4.65. The zero-order valence-electron chi connectivity index (χ0n) is 15.9. The molecule has 0 saturated carbocycles. The van der Waals surface area contributed by atoms with E-state index in [0.29, 0.717) is 23.1 Å². The van der Waals surface area contributed by atoms with Gasteiger partial charge in [0.15, 0.2) is 0 Å². The first-order valence-corrected chi connectivity index (χ1v) is 8.99. The minimum Gasteiger partial charge on any atom is -0.462 e. The van der Waals surface area contributed by atoms with Gasteiger partial charge in [0, 0.05) is 24.9 Å². The van der Waals surface area contributed by atoms with Gasteiger partial charge in [0.25, 0.3) is 0 Å². The molecule has 10 heteroatoms. The van der Waals surface area contributed by atoms with E-state index >= 15 is 0 Å². The van der Waals surface area contributed by atoms with Gasteiger partial charge in [0.05, 0.1) is 29.7 Å². The van der Waals surface area contributed by atoms with Crippen molar-refractivity contribution in [2.75, 3.05) is 6.61 Å². The number of rotatable bonds is 6. The molecule has 1 aromatic carbocycles. The van der Waals surface area contributed by atoms with E-state index in [1.165, 1.54) is 17.1 Å². The third-order valence-corrected chi connectivity index (χ3v) is 4.27. The smallest absolute Gasteiger partial charge is 0.416 e. The summed E-state index contributed by atoms with van der Waals surface area (Å²) in [4.78, 5) is 16.2. The lowest BCUT2D eigenvalue weighted by Gasteiger charge is -2.11. The summed E-state index contributed by atoms with van der Waals surface area (Å²) in [5.41, 5.74) is 6.36. The Hall–Kier alpha value is -3.27. The Morgan fingerprint density at radius 3 is 2.67 bits per heavy atom. The number of halogens is 4. The second kappa shape index (κ2) is 8.62. The molecule has 2 heterocycles. The van der Waals surface area contributed by atoms with Crippen molar-refractivity contribution in [3.63, 3.8) is 0 Å². The molecule has 6 nitrogen and oxygen atoms in total. The number of pyridine rings is 1. The van der Waals surface area contributed by atoms with Crippen LogP contribution in [0.2, 0.25) is 0 Å². The highest BCUT2D eigenvalue weighted by molar-refractivity contribution is 5.90. The number of esters is 1. The van der Waals surface area contributed by atoms with Gasteiger partial charge in [0.1, 0.15) is 11.4 Å². The number of nitrogens with zero attached hydrogens (tertiary/aromatic N) is 3. The molecule has 158 valence electrons. The van der Waals surface area contributed by atoms with Gasteiger partial charge in [-0.2, -0.15) is 18.3 Å². The Bertz CT molecular complexity index is 1060. The molecule has 0 aliphatic rings. The Morgan fingerprint density at radius 2 is 2.00 bits per heavy atom. The molecule has 2 aromatic heterocycles. The monoisotopic (exact) mass is 422 g/mol. The largest absolute Gasteiger partial charge is 0.462 e. The first kappa shape index (κ1) is 21.4. The van der Waals surface area contributed by atoms with E-state index in [0.717, 1.165) is 12.1 Å². The molecule has 3 rings (SSSR count). The molecule has 0 spiro atoms. The summed E-state index contributed by atoms with van der Waals surface area (Å²) in [5, 5.41) is 4.17. The first-order valence-electron chi connectivity index (χ1n) is 8.99. The van der Waals surface area contributed by atoms with Gasteiger partial charge >= 0.3 is 12.1 Å². The summed E-state index contributed by atoms with van der Waals surface area (Å²) < 4.78 is 58.9. The van der Waals surface area contributed by atoms with Gasteiger partial charge < -0.3 is 10.5 Å². The van der Waals surface area contributed by atoms with E-state index in [9.17, 15) is 22.4 Å². The highest BCUT2D eigenvalue weighted by atomic mass is 19.4. The minimum absolute atomic E-state index is 0.00461. The molecule has 3 aromatic rings. The van der Waals surface area contributed by atoms with Crippen LogP contribution in [0.5, 0.6) is 0 Å². The van der Waals surface area contributed by atoms with Crippen LogP contribution in [0.1, 0.15) is 39.8 Å². The predicted molar refractivity (Wildman–Crippen MR) is 99.4 cm³/mol. The number of aromatic nitrogens is 3. The lowest BCUT2D eigenvalue weighted by Crippen LogP contribution is -2.13. The SMILES string of the molecule is CCOC(=O)c1cnn(-c2ccnc(Cc3cc(F)cc(C(F)(F)F)c3)c2)c1CN. The first-order chi connectivity index (χ1) is 14.2. The molecule has 0 saturated heterocycles. The van der Waals surface area contributed by atoms with E-state index in [2.05, 4.69) is 10.1 Å². The number of hydrogen-bond donors (Lipinski definition) is 1. The van der Waals surface area contributed by atoms with Gasteiger partial charge in [-0.1, -0.05) is 0 Å². The van der Waals surface area contributed by atoms with Crippen molar-refractivity contribution in [3.05, 3.63) is 76.6 Å². The standard InChI is InChI=1S/C20H18F4N4O2/c1-2-30-19(29)17-11-27-28(18(17)10-25)16-3-4-26-15(9-16)7-12-5-13(20(22,23)24)8-14(21)6-12/h3-6,8-9,11H,2,7,10,25H2,1H3. The molecule has 0 unspecified atom stereocenters. The Labute approximate surface area is 169 Å². The predicted octanol–water partition coefficient (Wildman–Crippen LogP) is 3.65. The Balaban J connectivity index is 1.93. The molecule has 0 atom stereocenters. The normalized spacial score (nSPS) is 11.5. The quantitative estimate of drug-likeness (QED) is 0.484. The third-order valence-electron chi connectivity index (χ3n) is 4.27. The summed E-state index contributed by atoms with van der Waals surface area (Å²) in [5.74, 6) is -1.54. The maximum absolute atomic E-state index is 13.7. The second-order valence-electron chi connectivity index (χ2n) is 6.37.